The van der Waals surface area contributed by atoms with E-state index in [-0.39, 0.29) is 30.0 Å². The predicted octanol–water partition coefficient (Wildman–Crippen LogP) is 2.97. The van der Waals surface area contributed by atoms with Gasteiger partial charge in [-0.3, -0.25) is 15.0 Å². The molecule has 164 valence electrons. The summed E-state index contributed by atoms with van der Waals surface area (Å²) < 4.78 is 18.8. The maximum absolute atomic E-state index is 13.2. The van der Waals surface area contributed by atoms with Crippen LogP contribution in [0.3, 0.4) is 0 Å². The molecule has 1 amide bonds. The lowest BCUT2D eigenvalue weighted by Gasteiger charge is -2.15. The second-order valence-electron chi connectivity index (χ2n) is 8.17. The van der Waals surface area contributed by atoms with Gasteiger partial charge in [-0.25, -0.2) is 9.37 Å². The Morgan fingerprint density at radius 3 is 2.94 bits per heavy atom. The maximum Gasteiger partial charge on any atom is 0.230 e. The Morgan fingerprint density at radius 2 is 2.16 bits per heavy atom. The van der Waals surface area contributed by atoms with E-state index in [0.29, 0.717) is 37.7 Å². The molecule has 0 spiro atoms. The predicted molar refractivity (Wildman–Crippen MR) is 112 cm³/mol. The molecule has 1 aromatic carbocycles. The van der Waals surface area contributed by atoms with E-state index in [4.69, 9.17) is 4.74 Å². The Bertz CT molecular complexity index is 1030. The van der Waals surface area contributed by atoms with Crippen molar-refractivity contribution < 1.29 is 13.9 Å². The van der Waals surface area contributed by atoms with Crippen molar-refractivity contribution in [1.29, 1.82) is 0 Å². The smallest absolute Gasteiger partial charge is 0.230 e. The monoisotopic (exact) mass is 426 g/mol. The van der Waals surface area contributed by atoms with Crippen molar-refractivity contribution in [3.8, 4) is 5.75 Å². The lowest BCUT2D eigenvalue weighted by atomic mass is 10.0. The van der Waals surface area contributed by atoms with E-state index in [1.165, 1.54) is 12.1 Å². The molecule has 31 heavy (non-hydrogen) atoms. The lowest BCUT2D eigenvalue weighted by Crippen LogP contribution is -2.30. The molecular formula is C22H27FN6O2. The van der Waals surface area contributed by atoms with Crippen molar-refractivity contribution >= 4 is 5.91 Å². The third-order valence-corrected chi connectivity index (χ3v) is 5.43. The normalized spacial score (nSPS) is 16.3. The average Bonchev–Trinajstić information content (AvgIpc) is 3.48. The molecule has 3 heterocycles. The molecule has 0 saturated carbocycles. The Balaban J connectivity index is 1.26. The highest BCUT2D eigenvalue weighted by Gasteiger charge is 2.29. The van der Waals surface area contributed by atoms with Gasteiger partial charge in [-0.15, -0.1) is 0 Å². The lowest BCUT2D eigenvalue weighted by molar-refractivity contribution is -0.129. The Hall–Kier alpha value is -3.23. The Kier molecular flexibility index (Phi) is 6.29. The summed E-state index contributed by atoms with van der Waals surface area (Å²) in [5.74, 6) is 2.02. The van der Waals surface area contributed by atoms with Gasteiger partial charge in [0.15, 0.2) is 5.82 Å². The second-order valence-corrected chi connectivity index (χ2v) is 8.17. The van der Waals surface area contributed by atoms with Crippen LogP contribution in [0.25, 0.3) is 0 Å². The fourth-order valence-electron chi connectivity index (χ4n) is 3.68. The first kappa shape index (κ1) is 21.0. The van der Waals surface area contributed by atoms with Crippen LogP contribution in [0.2, 0.25) is 0 Å². The van der Waals surface area contributed by atoms with E-state index in [2.05, 4.69) is 25.4 Å². The van der Waals surface area contributed by atoms with Crippen LogP contribution in [0.15, 0.2) is 30.3 Å². The molecule has 1 aliphatic rings. The summed E-state index contributed by atoms with van der Waals surface area (Å²) in [5, 5.41) is 14.5. The molecule has 1 fully saturated rings. The summed E-state index contributed by atoms with van der Waals surface area (Å²) in [5.41, 5.74) is 1.91. The molecule has 2 aromatic heterocycles. The molecule has 9 heteroatoms. The summed E-state index contributed by atoms with van der Waals surface area (Å²) in [7, 11) is 0. The van der Waals surface area contributed by atoms with Crippen molar-refractivity contribution in [3.05, 3.63) is 59.2 Å². The van der Waals surface area contributed by atoms with Gasteiger partial charge in [-0.05, 0) is 24.6 Å². The first-order valence-corrected chi connectivity index (χ1v) is 10.6. The third kappa shape index (κ3) is 5.28. The molecule has 1 aliphatic heterocycles. The van der Waals surface area contributed by atoms with Crippen LogP contribution in [0.5, 0.6) is 5.75 Å². The minimum Gasteiger partial charge on any atom is -0.493 e. The number of carbonyl (C=O) groups excluding carboxylic acids is 1. The van der Waals surface area contributed by atoms with Crippen LogP contribution in [0, 0.1) is 5.82 Å². The second kappa shape index (κ2) is 9.28. The topological polar surface area (TPSA) is 99.8 Å². The van der Waals surface area contributed by atoms with Gasteiger partial charge in [0.1, 0.15) is 17.4 Å². The van der Waals surface area contributed by atoms with Crippen LogP contribution < -0.4 is 4.74 Å². The molecule has 4 rings (SSSR count). The van der Waals surface area contributed by atoms with Crippen molar-refractivity contribution in [2.45, 2.75) is 44.9 Å². The molecule has 0 bridgehead atoms. The molecule has 1 saturated heterocycles. The summed E-state index contributed by atoms with van der Waals surface area (Å²) in [4.78, 5) is 18.9. The fourth-order valence-corrected chi connectivity index (χ4v) is 3.68. The number of likely N-dealkylation sites (tertiary alicyclic amines) is 1. The highest BCUT2D eigenvalue weighted by Crippen LogP contribution is 2.27. The number of ether oxygens (including phenoxy) is 1. The van der Waals surface area contributed by atoms with Crippen molar-refractivity contribution in [2.75, 3.05) is 19.7 Å². The number of amides is 1. The molecule has 0 unspecified atom stereocenters. The fraction of sp³-hybridized carbons (Fsp3) is 0.455. The maximum atomic E-state index is 13.2. The largest absolute Gasteiger partial charge is 0.493 e. The number of aromatic amines is 2. The van der Waals surface area contributed by atoms with Gasteiger partial charge in [-0.1, -0.05) is 19.9 Å². The first-order chi connectivity index (χ1) is 15.0. The standard InChI is InChI=1S/C22H27FN6O2/c1-14(2)22-24-20(27-28-22)12-21(30)29-8-6-15(13-29)19-11-17(25-26-19)7-9-31-18-5-3-4-16(23)10-18/h3-5,10-11,14-15H,6-9,12-13H2,1-2H3,(H,25,26)(H,24,27,28)/t15-/m1/s1. The Labute approximate surface area is 180 Å². The Morgan fingerprint density at radius 1 is 1.29 bits per heavy atom. The zero-order valence-corrected chi connectivity index (χ0v) is 17.8. The number of hydrogen-bond donors (Lipinski definition) is 2. The molecule has 8 nitrogen and oxygen atoms in total. The average molecular weight is 426 g/mol. The number of aromatic nitrogens is 5. The molecule has 3 aromatic rings. The third-order valence-electron chi connectivity index (χ3n) is 5.43. The van der Waals surface area contributed by atoms with Gasteiger partial charge in [0.25, 0.3) is 0 Å². The van der Waals surface area contributed by atoms with Crippen molar-refractivity contribution in [2.24, 2.45) is 0 Å². The minimum absolute atomic E-state index is 0.0493. The minimum atomic E-state index is -0.315. The molecular weight excluding hydrogens is 399 g/mol. The molecule has 1 atom stereocenters. The van der Waals surface area contributed by atoms with Crippen LogP contribution in [0.1, 0.15) is 55.1 Å². The van der Waals surface area contributed by atoms with E-state index < -0.39 is 0 Å². The van der Waals surface area contributed by atoms with Gasteiger partial charge in [-0.2, -0.15) is 10.2 Å². The van der Waals surface area contributed by atoms with E-state index in [1.54, 1.807) is 12.1 Å². The van der Waals surface area contributed by atoms with Gasteiger partial charge < -0.3 is 9.64 Å². The highest BCUT2D eigenvalue weighted by molar-refractivity contribution is 5.78. The van der Waals surface area contributed by atoms with Gasteiger partial charge in [0.2, 0.25) is 5.91 Å². The number of halogens is 1. The zero-order valence-electron chi connectivity index (χ0n) is 17.8. The summed E-state index contributed by atoms with van der Waals surface area (Å²) >= 11 is 0. The molecule has 0 aliphatic carbocycles. The molecule has 2 N–H and O–H groups in total. The molecule has 0 radical (unpaired) electrons. The number of rotatable bonds is 8. The van der Waals surface area contributed by atoms with Crippen LogP contribution in [-0.2, 0) is 17.6 Å². The quantitative estimate of drug-likeness (QED) is 0.577. The first-order valence-electron chi connectivity index (χ1n) is 10.6. The van der Waals surface area contributed by atoms with Crippen molar-refractivity contribution in [3.63, 3.8) is 0 Å². The number of hydrogen-bond acceptors (Lipinski definition) is 5. The SMILES string of the molecule is CC(C)c1n[nH]c(CC(=O)N2CC[C@@H](c3cc(CCOc4cccc(F)c4)[nH]n3)C2)n1. The van der Waals surface area contributed by atoms with E-state index in [0.717, 1.165) is 23.6 Å². The zero-order chi connectivity index (χ0) is 21.8. The van der Waals surface area contributed by atoms with Crippen LogP contribution >= 0.6 is 0 Å². The summed E-state index contributed by atoms with van der Waals surface area (Å²) in [6, 6.07) is 8.13. The number of nitrogens with zero attached hydrogens (tertiary/aromatic N) is 4. The van der Waals surface area contributed by atoms with Gasteiger partial charge >= 0.3 is 0 Å². The number of nitrogens with one attached hydrogen (secondary N) is 2. The van der Waals surface area contributed by atoms with Gasteiger partial charge in [0.05, 0.1) is 18.7 Å². The number of carbonyl (C=O) groups is 1. The van der Waals surface area contributed by atoms with E-state index in [9.17, 15) is 9.18 Å². The van der Waals surface area contributed by atoms with E-state index >= 15 is 0 Å². The number of H-pyrrole nitrogens is 2. The summed E-state index contributed by atoms with van der Waals surface area (Å²) in [6.07, 6.45) is 1.75. The number of benzene rings is 1. The van der Waals surface area contributed by atoms with Gasteiger partial charge in [0, 0.05) is 43.1 Å². The highest BCUT2D eigenvalue weighted by atomic mass is 19.1. The van der Waals surface area contributed by atoms with Crippen LogP contribution in [0.4, 0.5) is 4.39 Å². The summed E-state index contributed by atoms with van der Waals surface area (Å²) in [6.45, 7) is 5.82. The van der Waals surface area contributed by atoms with E-state index in [1.807, 2.05) is 24.8 Å². The van der Waals surface area contributed by atoms with Crippen LogP contribution in [-0.4, -0.2) is 55.9 Å². The van der Waals surface area contributed by atoms with Crippen molar-refractivity contribution in [1.82, 2.24) is 30.3 Å².